The molecule has 0 radical (unpaired) electrons. The summed E-state index contributed by atoms with van der Waals surface area (Å²) in [6, 6.07) is 5.33. The molecular formula is C15H18O4. The Morgan fingerprint density at radius 3 is 2.37 bits per heavy atom. The highest BCUT2D eigenvalue weighted by Gasteiger charge is 2.09. The number of rotatable bonds is 8. The number of ether oxygens (including phenoxy) is 3. The SMILES string of the molecule is C=CCOc1ccc(CC(=O)OC)cc1OCC=C. The van der Waals surface area contributed by atoms with Crippen LogP contribution in [0.15, 0.2) is 43.5 Å². The van der Waals surface area contributed by atoms with E-state index in [4.69, 9.17) is 9.47 Å². The molecule has 0 aliphatic rings. The van der Waals surface area contributed by atoms with Gasteiger partial charge in [0.2, 0.25) is 0 Å². The topological polar surface area (TPSA) is 44.8 Å². The molecule has 0 aromatic heterocycles. The van der Waals surface area contributed by atoms with Crippen LogP contribution in [0.4, 0.5) is 0 Å². The number of carbonyl (C=O) groups excluding carboxylic acids is 1. The summed E-state index contributed by atoms with van der Waals surface area (Å²) in [6.45, 7) is 7.94. The molecule has 0 amide bonds. The van der Waals surface area contributed by atoms with E-state index in [1.54, 1.807) is 30.4 Å². The van der Waals surface area contributed by atoms with E-state index in [2.05, 4.69) is 17.9 Å². The molecule has 0 spiro atoms. The zero-order valence-electron chi connectivity index (χ0n) is 11.1. The summed E-state index contributed by atoms with van der Waals surface area (Å²) in [5, 5.41) is 0. The zero-order chi connectivity index (χ0) is 14.1. The second-order valence-corrected chi connectivity index (χ2v) is 3.73. The third-order valence-corrected chi connectivity index (χ3v) is 2.30. The Morgan fingerprint density at radius 1 is 1.16 bits per heavy atom. The van der Waals surface area contributed by atoms with Crippen LogP contribution in [0.2, 0.25) is 0 Å². The summed E-state index contributed by atoms with van der Waals surface area (Å²) in [5.74, 6) is 0.882. The van der Waals surface area contributed by atoms with E-state index in [0.29, 0.717) is 24.7 Å². The lowest BCUT2D eigenvalue weighted by molar-refractivity contribution is -0.139. The van der Waals surface area contributed by atoms with Crippen LogP contribution < -0.4 is 9.47 Å². The Kier molecular flexibility index (Phi) is 6.22. The molecule has 0 fully saturated rings. The number of hydrogen-bond donors (Lipinski definition) is 0. The maximum atomic E-state index is 11.2. The quantitative estimate of drug-likeness (QED) is 0.533. The van der Waals surface area contributed by atoms with Gasteiger partial charge in [-0.25, -0.2) is 0 Å². The molecule has 0 aliphatic carbocycles. The van der Waals surface area contributed by atoms with Gasteiger partial charge in [0, 0.05) is 0 Å². The van der Waals surface area contributed by atoms with Gasteiger partial charge in [-0.15, -0.1) is 0 Å². The molecule has 0 aliphatic heterocycles. The first-order chi connectivity index (χ1) is 9.21. The Balaban J connectivity index is 2.89. The normalized spacial score (nSPS) is 9.53. The van der Waals surface area contributed by atoms with Gasteiger partial charge in [0.15, 0.2) is 11.5 Å². The van der Waals surface area contributed by atoms with Crippen LogP contribution in [0, 0.1) is 0 Å². The van der Waals surface area contributed by atoms with Crippen LogP contribution in [0.1, 0.15) is 5.56 Å². The average Bonchev–Trinajstić information content (AvgIpc) is 2.43. The van der Waals surface area contributed by atoms with Gasteiger partial charge in [0.1, 0.15) is 13.2 Å². The largest absolute Gasteiger partial charge is 0.486 e. The molecule has 102 valence electrons. The molecule has 0 saturated heterocycles. The zero-order valence-corrected chi connectivity index (χ0v) is 11.1. The van der Waals surface area contributed by atoms with E-state index in [9.17, 15) is 4.79 Å². The molecule has 0 N–H and O–H groups in total. The summed E-state index contributed by atoms with van der Waals surface area (Å²) in [6.07, 6.45) is 3.49. The smallest absolute Gasteiger partial charge is 0.309 e. The summed E-state index contributed by atoms with van der Waals surface area (Å²) in [4.78, 5) is 11.2. The third kappa shape index (κ3) is 4.87. The van der Waals surface area contributed by atoms with Crippen molar-refractivity contribution in [1.82, 2.24) is 0 Å². The molecule has 0 heterocycles. The second-order valence-electron chi connectivity index (χ2n) is 3.73. The van der Waals surface area contributed by atoms with Gasteiger partial charge in [0.05, 0.1) is 13.5 Å². The number of carbonyl (C=O) groups is 1. The second kappa shape index (κ2) is 7.97. The van der Waals surface area contributed by atoms with Crippen molar-refractivity contribution in [1.29, 1.82) is 0 Å². The van der Waals surface area contributed by atoms with Gasteiger partial charge in [-0.1, -0.05) is 31.4 Å². The average molecular weight is 262 g/mol. The van der Waals surface area contributed by atoms with Crippen LogP contribution >= 0.6 is 0 Å². The van der Waals surface area contributed by atoms with Crippen molar-refractivity contribution in [3.05, 3.63) is 49.1 Å². The number of methoxy groups -OCH3 is 1. The standard InChI is InChI=1S/C15H18O4/c1-4-8-18-13-7-6-12(11-15(16)17-3)10-14(13)19-9-5-2/h4-7,10H,1-2,8-9,11H2,3H3. The molecule has 19 heavy (non-hydrogen) atoms. The summed E-state index contributed by atoms with van der Waals surface area (Å²) in [7, 11) is 1.36. The van der Waals surface area contributed by atoms with E-state index in [1.165, 1.54) is 7.11 Å². The van der Waals surface area contributed by atoms with Gasteiger partial charge in [-0.05, 0) is 17.7 Å². The van der Waals surface area contributed by atoms with Crippen molar-refractivity contribution in [3.8, 4) is 11.5 Å². The molecular weight excluding hydrogens is 244 g/mol. The summed E-state index contributed by atoms with van der Waals surface area (Å²) >= 11 is 0. The molecule has 0 bridgehead atoms. The van der Waals surface area contributed by atoms with E-state index in [1.807, 2.05) is 0 Å². The van der Waals surface area contributed by atoms with Gasteiger partial charge in [-0.2, -0.15) is 0 Å². The first kappa shape index (κ1) is 14.8. The van der Waals surface area contributed by atoms with E-state index in [-0.39, 0.29) is 12.4 Å². The minimum Gasteiger partial charge on any atom is -0.486 e. The Bertz CT molecular complexity index is 451. The van der Waals surface area contributed by atoms with Crippen LogP contribution in [0.3, 0.4) is 0 Å². The predicted molar refractivity (Wildman–Crippen MR) is 73.5 cm³/mol. The highest BCUT2D eigenvalue weighted by atomic mass is 16.5. The van der Waals surface area contributed by atoms with Crippen LogP contribution in [0.5, 0.6) is 11.5 Å². The van der Waals surface area contributed by atoms with Crippen molar-refractivity contribution in [3.63, 3.8) is 0 Å². The van der Waals surface area contributed by atoms with E-state index < -0.39 is 0 Å². The maximum absolute atomic E-state index is 11.2. The molecule has 1 rings (SSSR count). The van der Waals surface area contributed by atoms with Gasteiger partial charge >= 0.3 is 5.97 Å². The van der Waals surface area contributed by atoms with Gasteiger partial charge in [-0.3, -0.25) is 4.79 Å². The predicted octanol–water partition coefficient (Wildman–Crippen LogP) is 2.53. The fraction of sp³-hybridized carbons (Fsp3) is 0.267. The van der Waals surface area contributed by atoms with E-state index in [0.717, 1.165) is 5.56 Å². The lowest BCUT2D eigenvalue weighted by Gasteiger charge is -2.12. The first-order valence-corrected chi connectivity index (χ1v) is 5.88. The number of hydrogen-bond acceptors (Lipinski definition) is 4. The highest BCUT2D eigenvalue weighted by Crippen LogP contribution is 2.28. The monoisotopic (exact) mass is 262 g/mol. The molecule has 1 aromatic rings. The highest BCUT2D eigenvalue weighted by molar-refractivity contribution is 5.72. The van der Waals surface area contributed by atoms with Crippen LogP contribution in [-0.4, -0.2) is 26.3 Å². The van der Waals surface area contributed by atoms with Crippen molar-refractivity contribution < 1.29 is 19.0 Å². The lowest BCUT2D eigenvalue weighted by atomic mass is 10.1. The molecule has 0 atom stereocenters. The first-order valence-electron chi connectivity index (χ1n) is 5.88. The Hall–Kier alpha value is -2.23. The summed E-state index contributed by atoms with van der Waals surface area (Å²) in [5.41, 5.74) is 0.803. The maximum Gasteiger partial charge on any atom is 0.309 e. The number of benzene rings is 1. The van der Waals surface area contributed by atoms with Gasteiger partial charge in [0.25, 0.3) is 0 Å². The Morgan fingerprint density at radius 2 is 1.79 bits per heavy atom. The lowest BCUT2D eigenvalue weighted by Crippen LogP contribution is -2.05. The fourth-order valence-corrected chi connectivity index (χ4v) is 1.43. The van der Waals surface area contributed by atoms with E-state index >= 15 is 0 Å². The molecule has 4 heteroatoms. The van der Waals surface area contributed by atoms with Gasteiger partial charge < -0.3 is 14.2 Å². The molecule has 0 unspecified atom stereocenters. The van der Waals surface area contributed by atoms with Crippen LogP contribution in [-0.2, 0) is 16.0 Å². The molecule has 0 saturated carbocycles. The fourth-order valence-electron chi connectivity index (χ4n) is 1.43. The number of esters is 1. The third-order valence-electron chi connectivity index (χ3n) is 2.30. The molecule has 1 aromatic carbocycles. The van der Waals surface area contributed by atoms with Crippen molar-refractivity contribution in [2.75, 3.05) is 20.3 Å². The minimum atomic E-state index is -0.297. The minimum absolute atomic E-state index is 0.197. The van der Waals surface area contributed by atoms with Crippen LogP contribution in [0.25, 0.3) is 0 Å². The molecule has 4 nitrogen and oxygen atoms in total. The summed E-state index contributed by atoms with van der Waals surface area (Å²) < 4.78 is 15.6. The Labute approximate surface area is 113 Å². The van der Waals surface area contributed by atoms with Crippen molar-refractivity contribution in [2.45, 2.75) is 6.42 Å². The van der Waals surface area contributed by atoms with Crippen molar-refractivity contribution in [2.24, 2.45) is 0 Å². The van der Waals surface area contributed by atoms with Crippen molar-refractivity contribution >= 4 is 5.97 Å².